The zero-order chi connectivity index (χ0) is 12.4. The van der Waals surface area contributed by atoms with E-state index in [1.54, 1.807) is 0 Å². The van der Waals surface area contributed by atoms with Crippen molar-refractivity contribution in [3.05, 3.63) is 40.6 Å². The molecule has 2 heterocycles. The van der Waals surface area contributed by atoms with Gasteiger partial charge in [0.05, 0.1) is 18.8 Å². The Kier molecular flexibility index (Phi) is 3.33. The van der Waals surface area contributed by atoms with Crippen molar-refractivity contribution in [2.75, 3.05) is 7.05 Å². The predicted molar refractivity (Wildman–Crippen MR) is 67.0 cm³/mol. The molecule has 2 rings (SSSR count). The number of rotatable bonds is 4. The van der Waals surface area contributed by atoms with Gasteiger partial charge in [0.25, 0.3) is 0 Å². The van der Waals surface area contributed by atoms with Crippen molar-refractivity contribution >= 4 is 0 Å². The van der Waals surface area contributed by atoms with E-state index in [-0.39, 0.29) is 0 Å². The first-order valence-corrected chi connectivity index (χ1v) is 5.84. The lowest BCUT2D eigenvalue weighted by Crippen LogP contribution is -2.05. The highest BCUT2D eigenvalue weighted by Gasteiger charge is 2.09. The van der Waals surface area contributed by atoms with Crippen molar-refractivity contribution in [2.24, 2.45) is 0 Å². The minimum atomic E-state index is 0.699. The average Bonchev–Trinajstić information content (AvgIpc) is 2.73. The molecule has 1 N–H and O–H groups in total. The molecule has 0 aliphatic rings. The van der Waals surface area contributed by atoms with E-state index in [0.717, 1.165) is 29.5 Å². The number of nitrogens with zero attached hydrogens (tertiary/aromatic N) is 2. The van der Waals surface area contributed by atoms with Gasteiger partial charge in [-0.15, -0.1) is 0 Å². The summed E-state index contributed by atoms with van der Waals surface area (Å²) in [5.41, 5.74) is 3.39. The maximum atomic E-state index is 5.80. The van der Waals surface area contributed by atoms with E-state index in [1.807, 2.05) is 18.7 Å². The van der Waals surface area contributed by atoms with Crippen LogP contribution in [-0.2, 0) is 13.1 Å². The Hall–Kier alpha value is -1.55. The first kappa shape index (κ1) is 11.9. The third-order valence-electron chi connectivity index (χ3n) is 2.82. The molecular weight excluding hydrogens is 214 g/mol. The zero-order valence-corrected chi connectivity index (χ0v) is 10.9. The normalized spacial score (nSPS) is 11.1. The second-order valence-electron chi connectivity index (χ2n) is 4.43. The third kappa shape index (κ3) is 2.58. The van der Waals surface area contributed by atoms with Crippen LogP contribution in [0.3, 0.4) is 0 Å². The zero-order valence-electron chi connectivity index (χ0n) is 10.9. The minimum Gasteiger partial charge on any atom is -0.462 e. The van der Waals surface area contributed by atoms with Crippen molar-refractivity contribution in [1.29, 1.82) is 0 Å². The summed E-state index contributed by atoms with van der Waals surface area (Å²) < 4.78 is 7.77. The van der Waals surface area contributed by atoms with Crippen LogP contribution in [0.15, 0.2) is 16.5 Å². The van der Waals surface area contributed by atoms with Crippen LogP contribution in [0, 0.1) is 20.8 Å². The fourth-order valence-electron chi connectivity index (χ4n) is 1.99. The van der Waals surface area contributed by atoms with Gasteiger partial charge in [-0.2, -0.15) is 5.10 Å². The Morgan fingerprint density at radius 1 is 1.29 bits per heavy atom. The van der Waals surface area contributed by atoms with Crippen molar-refractivity contribution in [3.63, 3.8) is 0 Å². The lowest BCUT2D eigenvalue weighted by atomic mass is 10.2. The van der Waals surface area contributed by atoms with Gasteiger partial charge in [-0.05, 0) is 45.5 Å². The molecular formula is C13H19N3O. The van der Waals surface area contributed by atoms with Gasteiger partial charge in [-0.25, -0.2) is 0 Å². The fraction of sp³-hybridized carbons (Fsp3) is 0.462. The molecule has 0 fully saturated rings. The summed E-state index contributed by atoms with van der Waals surface area (Å²) >= 11 is 0. The highest BCUT2D eigenvalue weighted by molar-refractivity contribution is 5.20. The van der Waals surface area contributed by atoms with E-state index in [4.69, 9.17) is 4.42 Å². The van der Waals surface area contributed by atoms with E-state index in [0.29, 0.717) is 6.54 Å². The molecule has 0 spiro atoms. The summed E-state index contributed by atoms with van der Waals surface area (Å²) in [5, 5.41) is 7.53. The summed E-state index contributed by atoms with van der Waals surface area (Å²) in [7, 11) is 1.92. The molecule has 0 aliphatic heterocycles. The molecule has 2 aromatic rings. The molecule has 0 saturated heterocycles. The van der Waals surface area contributed by atoms with Gasteiger partial charge in [0.2, 0.25) is 0 Å². The molecule has 0 saturated carbocycles. The van der Waals surface area contributed by atoms with Gasteiger partial charge >= 0.3 is 0 Å². The lowest BCUT2D eigenvalue weighted by Gasteiger charge is -2.01. The van der Waals surface area contributed by atoms with Crippen LogP contribution in [0.1, 0.15) is 28.5 Å². The Morgan fingerprint density at radius 3 is 2.65 bits per heavy atom. The van der Waals surface area contributed by atoms with Crippen LogP contribution in [0.4, 0.5) is 0 Å². The Balaban J connectivity index is 2.18. The largest absolute Gasteiger partial charge is 0.462 e. The minimum absolute atomic E-state index is 0.699. The van der Waals surface area contributed by atoms with Crippen molar-refractivity contribution in [1.82, 2.24) is 15.1 Å². The molecule has 0 amide bonds. The van der Waals surface area contributed by atoms with Crippen molar-refractivity contribution < 1.29 is 4.42 Å². The SMILES string of the molecule is CNCc1oc(Cn2nc(C)cc2C)cc1C. The average molecular weight is 233 g/mol. The van der Waals surface area contributed by atoms with Crippen LogP contribution in [0.25, 0.3) is 0 Å². The molecule has 2 aromatic heterocycles. The first-order valence-electron chi connectivity index (χ1n) is 5.84. The Labute approximate surface area is 102 Å². The molecule has 4 heteroatoms. The molecule has 0 aromatic carbocycles. The van der Waals surface area contributed by atoms with E-state index < -0.39 is 0 Å². The second kappa shape index (κ2) is 4.75. The summed E-state index contributed by atoms with van der Waals surface area (Å²) in [6, 6.07) is 4.16. The molecule has 4 nitrogen and oxygen atoms in total. The van der Waals surface area contributed by atoms with Gasteiger partial charge in [-0.1, -0.05) is 0 Å². The van der Waals surface area contributed by atoms with E-state index in [2.05, 4.69) is 36.4 Å². The van der Waals surface area contributed by atoms with E-state index in [9.17, 15) is 0 Å². The highest BCUT2D eigenvalue weighted by atomic mass is 16.3. The van der Waals surface area contributed by atoms with Crippen LogP contribution in [0.5, 0.6) is 0 Å². The topological polar surface area (TPSA) is 43.0 Å². The summed E-state index contributed by atoms with van der Waals surface area (Å²) in [6.45, 7) is 7.60. The van der Waals surface area contributed by atoms with Crippen LogP contribution < -0.4 is 5.32 Å². The number of nitrogens with one attached hydrogen (secondary N) is 1. The molecule has 0 bridgehead atoms. The summed E-state index contributed by atoms with van der Waals surface area (Å²) in [6.07, 6.45) is 0. The van der Waals surface area contributed by atoms with Crippen LogP contribution in [0.2, 0.25) is 0 Å². The molecule has 0 atom stereocenters. The van der Waals surface area contributed by atoms with Gasteiger partial charge in [0, 0.05) is 5.69 Å². The maximum absolute atomic E-state index is 5.80. The monoisotopic (exact) mass is 233 g/mol. The van der Waals surface area contributed by atoms with E-state index >= 15 is 0 Å². The Morgan fingerprint density at radius 2 is 2.06 bits per heavy atom. The first-order chi connectivity index (χ1) is 8.10. The van der Waals surface area contributed by atoms with Crippen molar-refractivity contribution in [2.45, 2.75) is 33.9 Å². The lowest BCUT2D eigenvalue weighted by molar-refractivity contribution is 0.432. The van der Waals surface area contributed by atoms with E-state index in [1.165, 1.54) is 5.56 Å². The summed E-state index contributed by atoms with van der Waals surface area (Å²) in [4.78, 5) is 0. The molecule has 0 aliphatic carbocycles. The number of aryl methyl sites for hydroxylation is 3. The fourth-order valence-corrected chi connectivity index (χ4v) is 1.99. The highest BCUT2D eigenvalue weighted by Crippen LogP contribution is 2.16. The van der Waals surface area contributed by atoms with Crippen molar-refractivity contribution in [3.8, 4) is 0 Å². The summed E-state index contributed by atoms with van der Waals surface area (Å²) in [5.74, 6) is 1.96. The third-order valence-corrected chi connectivity index (χ3v) is 2.82. The molecule has 0 unspecified atom stereocenters. The van der Waals surface area contributed by atoms with Crippen LogP contribution in [-0.4, -0.2) is 16.8 Å². The van der Waals surface area contributed by atoms with Gasteiger partial charge in [-0.3, -0.25) is 4.68 Å². The van der Waals surface area contributed by atoms with Gasteiger partial charge < -0.3 is 9.73 Å². The quantitative estimate of drug-likeness (QED) is 0.880. The molecule has 92 valence electrons. The van der Waals surface area contributed by atoms with Gasteiger partial charge in [0.1, 0.15) is 11.5 Å². The second-order valence-corrected chi connectivity index (χ2v) is 4.43. The number of aromatic nitrogens is 2. The molecule has 0 radical (unpaired) electrons. The number of hydrogen-bond acceptors (Lipinski definition) is 3. The number of furan rings is 1. The smallest absolute Gasteiger partial charge is 0.126 e. The van der Waals surface area contributed by atoms with Crippen LogP contribution >= 0.6 is 0 Å². The van der Waals surface area contributed by atoms with Gasteiger partial charge in [0.15, 0.2) is 0 Å². The maximum Gasteiger partial charge on any atom is 0.126 e. The Bertz CT molecular complexity index is 511. The standard InChI is InChI=1S/C13H19N3O/c1-9-5-12(17-13(9)7-14-4)8-16-11(3)6-10(2)15-16/h5-6,14H,7-8H2,1-4H3. The predicted octanol–water partition coefficient (Wildman–Crippen LogP) is 2.17. The molecule has 17 heavy (non-hydrogen) atoms. The number of hydrogen-bond donors (Lipinski definition) is 1.